The van der Waals surface area contributed by atoms with Gasteiger partial charge in [-0.15, -0.1) is 0 Å². The van der Waals surface area contributed by atoms with Crippen molar-refractivity contribution in [3.63, 3.8) is 0 Å². The topological polar surface area (TPSA) is 35.6 Å². The number of carbonyl (C=O) groups is 1. The molecule has 2 aliphatic heterocycles. The summed E-state index contributed by atoms with van der Waals surface area (Å²) in [6, 6.07) is 19.4. The molecule has 1 fully saturated rings. The number of benzene rings is 2. The zero-order valence-corrected chi connectivity index (χ0v) is 16.3. The van der Waals surface area contributed by atoms with E-state index in [0.717, 1.165) is 32.6 Å². The van der Waals surface area contributed by atoms with Crippen molar-refractivity contribution < 1.29 is 4.79 Å². The highest BCUT2D eigenvalue weighted by molar-refractivity contribution is 5.82. The molecule has 142 valence electrons. The number of carbonyl (C=O) groups excluding carboxylic acids is 1. The summed E-state index contributed by atoms with van der Waals surface area (Å²) in [5, 5.41) is 3.19. The molecular formula is C23H29N3O. The zero-order valence-electron chi connectivity index (χ0n) is 16.3. The summed E-state index contributed by atoms with van der Waals surface area (Å²) in [5.41, 5.74) is 3.85. The Hall–Kier alpha value is -2.49. The highest BCUT2D eigenvalue weighted by Gasteiger charge is 2.41. The van der Waals surface area contributed by atoms with E-state index in [4.69, 9.17) is 0 Å². The minimum absolute atomic E-state index is 0.00911. The SMILES string of the molecule is CC(C)CNC(=O)[C@@H]1Cc2ccccc2N2CCN(c3ccccc3)C[C@H]12. The van der Waals surface area contributed by atoms with Gasteiger partial charge in [0.1, 0.15) is 0 Å². The molecule has 1 amide bonds. The van der Waals surface area contributed by atoms with Crippen LogP contribution in [-0.2, 0) is 11.2 Å². The number of hydrogen-bond acceptors (Lipinski definition) is 3. The van der Waals surface area contributed by atoms with E-state index in [1.165, 1.54) is 16.9 Å². The van der Waals surface area contributed by atoms with Crippen LogP contribution < -0.4 is 15.1 Å². The van der Waals surface area contributed by atoms with Crippen LogP contribution in [0.1, 0.15) is 19.4 Å². The average Bonchev–Trinajstić information content (AvgIpc) is 2.71. The Morgan fingerprint density at radius 1 is 1.07 bits per heavy atom. The van der Waals surface area contributed by atoms with Crippen LogP contribution >= 0.6 is 0 Å². The standard InChI is InChI=1S/C23H29N3O/c1-17(2)15-24-23(27)20-14-18-8-6-7-11-21(18)26-13-12-25(16-22(20)26)19-9-4-3-5-10-19/h3-11,17,20,22H,12-16H2,1-2H3,(H,24,27)/t20-,22-/m1/s1. The fraction of sp³-hybridized carbons (Fsp3) is 0.435. The summed E-state index contributed by atoms with van der Waals surface area (Å²) in [5.74, 6) is 0.654. The largest absolute Gasteiger partial charge is 0.368 e. The van der Waals surface area contributed by atoms with Crippen molar-refractivity contribution in [3.05, 3.63) is 60.2 Å². The number of piperazine rings is 1. The van der Waals surface area contributed by atoms with E-state index in [1.807, 2.05) is 0 Å². The van der Waals surface area contributed by atoms with Gasteiger partial charge in [0, 0.05) is 37.6 Å². The van der Waals surface area contributed by atoms with Gasteiger partial charge in [-0.1, -0.05) is 50.2 Å². The molecule has 2 aromatic rings. The normalized spacial score (nSPS) is 21.6. The molecule has 2 aliphatic rings. The first-order chi connectivity index (χ1) is 13.1. The molecule has 2 atom stereocenters. The quantitative estimate of drug-likeness (QED) is 0.905. The average molecular weight is 364 g/mol. The van der Waals surface area contributed by atoms with E-state index in [9.17, 15) is 4.79 Å². The zero-order chi connectivity index (χ0) is 18.8. The van der Waals surface area contributed by atoms with Crippen molar-refractivity contribution in [2.45, 2.75) is 26.3 Å². The van der Waals surface area contributed by atoms with Crippen LogP contribution in [0, 0.1) is 11.8 Å². The third kappa shape index (κ3) is 3.66. The molecule has 0 radical (unpaired) electrons. The molecule has 2 aromatic carbocycles. The predicted octanol–water partition coefficient (Wildman–Crippen LogP) is 3.33. The molecule has 0 unspecified atom stereocenters. The van der Waals surface area contributed by atoms with E-state index in [0.29, 0.717) is 5.92 Å². The Kier molecular flexibility index (Phi) is 5.06. The molecule has 4 rings (SSSR count). The van der Waals surface area contributed by atoms with Crippen molar-refractivity contribution in [3.8, 4) is 0 Å². The first kappa shape index (κ1) is 17.9. The van der Waals surface area contributed by atoms with Crippen molar-refractivity contribution in [1.82, 2.24) is 5.32 Å². The summed E-state index contributed by atoms with van der Waals surface area (Å²) in [4.78, 5) is 18.0. The minimum Gasteiger partial charge on any atom is -0.368 e. The Morgan fingerprint density at radius 2 is 1.81 bits per heavy atom. The molecule has 0 aliphatic carbocycles. The van der Waals surface area contributed by atoms with Crippen LogP contribution in [0.2, 0.25) is 0 Å². The molecule has 1 N–H and O–H groups in total. The molecule has 4 heteroatoms. The van der Waals surface area contributed by atoms with Crippen molar-refractivity contribution in [2.75, 3.05) is 36.0 Å². The highest BCUT2D eigenvalue weighted by atomic mass is 16.1. The second-order valence-corrected chi connectivity index (χ2v) is 8.12. The maximum atomic E-state index is 13.1. The maximum absolute atomic E-state index is 13.1. The summed E-state index contributed by atoms with van der Waals surface area (Å²) in [7, 11) is 0. The summed E-state index contributed by atoms with van der Waals surface area (Å²) in [6.45, 7) is 7.84. The van der Waals surface area contributed by atoms with Crippen LogP contribution in [0.15, 0.2) is 54.6 Å². The number of amides is 1. The highest BCUT2D eigenvalue weighted by Crippen LogP contribution is 2.36. The van der Waals surface area contributed by atoms with Gasteiger partial charge in [-0.25, -0.2) is 0 Å². The van der Waals surface area contributed by atoms with Crippen molar-refractivity contribution in [2.24, 2.45) is 11.8 Å². The minimum atomic E-state index is -0.00911. The molecule has 0 saturated carbocycles. The number of fused-ring (bicyclic) bond motifs is 3. The first-order valence-corrected chi connectivity index (χ1v) is 10.1. The van der Waals surface area contributed by atoms with Crippen LogP contribution in [0.5, 0.6) is 0 Å². The third-order valence-corrected chi connectivity index (χ3v) is 5.77. The summed E-state index contributed by atoms with van der Waals surface area (Å²) in [6.07, 6.45) is 0.823. The molecule has 4 nitrogen and oxygen atoms in total. The van der Waals surface area contributed by atoms with Crippen molar-refractivity contribution >= 4 is 17.3 Å². The van der Waals surface area contributed by atoms with Crippen molar-refractivity contribution in [1.29, 1.82) is 0 Å². The van der Waals surface area contributed by atoms with E-state index < -0.39 is 0 Å². The van der Waals surface area contributed by atoms with E-state index in [-0.39, 0.29) is 17.9 Å². The third-order valence-electron chi connectivity index (χ3n) is 5.77. The molecule has 0 spiro atoms. The number of para-hydroxylation sites is 2. The second-order valence-electron chi connectivity index (χ2n) is 8.12. The van der Waals surface area contributed by atoms with Gasteiger partial charge in [0.05, 0.1) is 12.0 Å². The lowest BCUT2D eigenvalue weighted by atomic mass is 9.83. The lowest BCUT2D eigenvalue weighted by Gasteiger charge is -2.49. The number of hydrogen-bond donors (Lipinski definition) is 1. The second kappa shape index (κ2) is 7.63. The number of rotatable bonds is 4. The Balaban J connectivity index is 1.61. The van der Waals surface area contributed by atoms with Gasteiger partial charge >= 0.3 is 0 Å². The fourth-order valence-electron chi connectivity index (χ4n) is 4.37. The number of anilines is 2. The van der Waals surface area contributed by atoms with Gasteiger partial charge in [0.15, 0.2) is 0 Å². The fourth-order valence-corrected chi connectivity index (χ4v) is 4.37. The summed E-state index contributed by atoms with van der Waals surface area (Å²) < 4.78 is 0. The molecule has 27 heavy (non-hydrogen) atoms. The van der Waals surface area contributed by atoms with Crippen LogP contribution in [0.3, 0.4) is 0 Å². The van der Waals surface area contributed by atoms with Gasteiger partial charge in [0.25, 0.3) is 0 Å². The maximum Gasteiger partial charge on any atom is 0.225 e. The van der Waals surface area contributed by atoms with E-state index in [2.05, 4.69) is 83.6 Å². The smallest absolute Gasteiger partial charge is 0.225 e. The Morgan fingerprint density at radius 3 is 2.59 bits per heavy atom. The molecular weight excluding hydrogens is 334 g/mol. The Labute approximate surface area is 162 Å². The summed E-state index contributed by atoms with van der Waals surface area (Å²) >= 11 is 0. The molecule has 2 heterocycles. The monoisotopic (exact) mass is 363 g/mol. The Bertz CT molecular complexity index is 789. The van der Waals surface area contributed by atoms with Crippen LogP contribution in [-0.4, -0.2) is 38.1 Å². The molecule has 0 bridgehead atoms. The predicted molar refractivity (Wildman–Crippen MR) is 111 cm³/mol. The van der Waals surface area contributed by atoms with Gasteiger partial charge in [-0.2, -0.15) is 0 Å². The molecule has 1 saturated heterocycles. The lowest BCUT2D eigenvalue weighted by Crippen LogP contribution is -2.61. The van der Waals surface area contributed by atoms with E-state index >= 15 is 0 Å². The van der Waals surface area contributed by atoms with Crippen LogP contribution in [0.25, 0.3) is 0 Å². The van der Waals surface area contributed by atoms with Gasteiger partial charge < -0.3 is 15.1 Å². The molecule has 0 aromatic heterocycles. The number of nitrogens with one attached hydrogen (secondary N) is 1. The number of nitrogens with zero attached hydrogens (tertiary/aromatic N) is 2. The van der Waals surface area contributed by atoms with Gasteiger partial charge in [0.2, 0.25) is 5.91 Å². The first-order valence-electron chi connectivity index (χ1n) is 10.1. The van der Waals surface area contributed by atoms with Crippen LogP contribution in [0.4, 0.5) is 11.4 Å². The van der Waals surface area contributed by atoms with Gasteiger partial charge in [-0.05, 0) is 36.1 Å². The lowest BCUT2D eigenvalue weighted by molar-refractivity contribution is -0.126. The van der Waals surface area contributed by atoms with Gasteiger partial charge in [-0.3, -0.25) is 4.79 Å². The van der Waals surface area contributed by atoms with E-state index in [1.54, 1.807) is 0 Å².